The van der Waals surface area contributed by atoms with E-state index in [1.807, 2.05) is 12.1 Å². The monoisotopic (exact) mass is 416 g/mol. The van der Waals surface area contributed by atoms with Gasteiger partial charge in [-0.1, -0.05) is 49.4 Å². The lowest BCUT2D eigenvalue weighted by atomic mass is 9.90. The normalized spacial score (nSPS) is 17.5. The van der Waals surface area contributed by atoms with Crippen LogP contribution in [0.3, 0.4) is 0 Å². The van der Waals surface area contributed by atoms with Gasteiger partial charge in [0.2, 0.25) is 0 Å². The Labute approximate surface area is 185 Å². The van der Waals surface area contributed by atoms with E-state index in [1.54, 1.807) is 19.0 Å². The Hall–Kier alpha value is -2.85. The second kappa shape index (κ2) is 9.52. The lowest BCUT2D eigenvalue weighted by Gasteiger charge is -2.38. The van der Waals surface area contributed by atoms with Gasteiger partial charge in [-0.2, -0.15) is 0 Å². The van der Waals surface area contributed by atoms with E-state index in [2.05, 4.69) is 66.4 Å². The highest BCUT2D eigenvalue weighted by molar-refractivity contribution is 5.94. The number of carbonyl (C=O) groups excluding carboxylic acids is 1. The average molecular weight is 417 g/mol. The van der Waals surface area contributed by atoms with Gasteiger partial charge < -0.3 is 14.5 Å². The number of fused-ring (bicyclic) bond motifs is 1. The van der Waals surface area contributed by atoms with Crippen LogP contribution >= 0.6 is 0 Å². The number of hydrogen-bond donors (Lipinski definition) is 0. The van der Waals surface area contributed by atoms with Crippen molar-refractivity contribution >= 4 is 22.4 Å². The predicted molar refractivity (Wildman–Crippen MR) is 128 cm³/mol. The molecule has 1 amide bonds. The Bertz CT molecular complexity index is 1020. The molecular formula is C27H32N2O2. The molecule has 1 unspecified atom stereocenters. The highest BCUT2D eigenvalue weighted by Crippen LogP contribution is 2.31. The molecule has 3 aromatic rings. The molecule has 162 valence electrons. The smallest absolute Gasteiger partial charge is 0.253 e. The summed E-state index contributed by atoms with van der Waals surface area (Å²) in [4.78, 5) is 16.3. The van der Waals surface area contributed by atoms with Gasteiger partial charge in [-0.25, -0.2) is 0 Å². The number of amides is 1. The molecule has 1 fully saturated rings. The van der Waals surface area contributed by atoms with Gasteiger partial charge in [0, 0.05) is 31.9 Å². The zero-order valence-electron chi connectivity index (χ0n) is 18.8. The van der Waals surface area contributed by atoms with Crippen LogP contribution in [0.25, 0.3) is 10.8 Å². The molecule has 4 nitrogen and oxygen atoms in total. The van der Waals surface area contributed by atoms with Gasteiger partial charge >= 0.3 is 0 Å². The van der Waals surface area contributed by atoms with Crippen molar-refractivity contribution < 1.29 is 9.53 Å². The maximum Gasteiger partial charge on any atom is 0.253 e. The van der Waals surface area contributed by atoms with E-state index >= 15 is 0 Å². The minimum Gasteiger partial charge on any atom is -0.377 e. The SMILES string of the molecule is C[C@@H](CCC1COCCN1c1ccc(C(=O)N(C)C)cc1)c1cccc2ccccc12. The number of anilines is 1. The fraction of sp³-hybridized carbons (Fsp3) is 0.370. The Morgan fingerprint density at radius 3 is 2.58 bits per heavy atom. The molecule has 4 heteroatoms. The van der Waals surface area contributed by atoms with Crippen LogP contribution in [0.1, 0.15) is 41.6 Å². The van der Waals surface area contributed by atoms with Crippen LogP contribution in [0.2, 0.25) is 0 Å². The molecule has 0 saturated carbocycles. The van der Waals surface area contributed by atoms with Crippen molar-refractivity contribution in [3.8, 4) is 0 Å². The molecular weight excluding hydrogens is 384 g/mol. The van der Waals surface area contributed by atoms with Gasteiger partial charge in [0.05, 0.1) is 19.3 Å². The van der Waals surface area contributed by atoms with Gasteiger partial charge in [0.15, 0.2) is 0 Å². The van der Waals surface area contributed by atoms with Gasteiger partial charge in [-0.05, 0) is 59.4 Å². The lowest BCUT2D eigenvalue weighted by Crippen LogP contribution is -2.45. The molecule has 0 aromatic heterocycles. The molecule has 0 bridgehead atoms. The van der Waals surface area contributed by atoms with Crippen LogP contribution in [0.5, 0.6) is 0 Å². The van der Waals surface area contributed by atoms with E-state index in [1.165, 1.54) is 22.0 Å². The molecule has 1 saturated heterocycles. The Morgan fingerprint density at radius 2 is 1.81 bits per heavy atom. The summed E-state index contributed by atoms with van der Waals surface area (Å²) < 4.78 is 5.83. The van der Waals surface area contributed by atoms with E-state index in [-0.39, 0.29) is 5.91 Å². The van der Waals surface area contributed by atoms with Gasteiger partial charge in [-0.15, -0.1) is 0 Å². The van der Waals surface area contributed by atoms with Gasteiger partial charge in [-0.3, -0.25) is 4.79 Å². The van der Waals surface area contributed by atoms with Crippen LogP contribution in [0, 0.1) is 0 Å². The highest BCUT2D eigenvalue weighted by Gasteiger charge is 2.24. The third-order valence-electron chi connectivity index (χ3n) is 6.37. The Kier molecular flexibility index (Phi) is 6.57. The first kappa shape index (κ1) is 21.4. The first-order valence-corrected chi connectivity index (χ1v) is 11.2. The third kappa shape index (κ3) is 4.75. The zero-order chi connectivity index (χ0) is 21.8. The number of rotatable bonds is 6. The van der Waals surface area contributed by atoms with E-state index in [9.17, 15) is 4.79 Å². The van der Waals surface area contributed by atoms with Crippen molar-refractivity contribution in [2.24, 2.45) is 0 Å². The molecule has 0 N–H and O–H groups in total. The van der Waals surface area contributed by atoms with Crippen LogP contribution < -0.4 is 4.90 Å². The molecule has 1 heterocycles. The summed E-state index contributed by atoms with van der Waals surface area (Å²) in [6.07, 6.45) is 2.18. The summed E-state index contributed by atoms with van der Waals surface area (Å²) in [5.74, 6) is 0.518. The number of morpholine rings is 1. The Balaban J connectivity index is 1.46. The standard InChI is InChI=1S/C27H32N2O2/c1-20(25-10-6-8-21-7-4-5-9-26(21)25)11-14-24-19-31-18-17-29(24)23-15-12-22(13-16-23)27(30)28(2)3/h4-10,12-13,15-16,20,24H,11,14,17-19H2,1-3H3/t20-,24?/m0/s1. The number of ether oxygens (including phenoxy) is 1. The summed E-state index contributed by atoms with van der Waals surface area (Å²) >= 11 is 0. The summed E-state index contributed by atoms with van der Waals surface area (Å²) in [6.45, 7) is 4.71. The summed E-state index contributed by atoms with van der Waals surface area (Å²) in [7, 11) is 3.57. The third-order valence-corrected chi connectivity index (χ3v) is 6.37. The zero-order valence-corrected chi connectivity index (χ0v) is 18.8. The van der Waals surface area contributed by atoms with Crippen LogP contribution in [-0.2, 0) is 4.74 Å². The average Bonchev–Trinajstić information content (AvgIpc) is 2.82. The first-order valence-electron chi connectivity index (χ1n) is 11.2. The molecule has 31 heavy (non-hydrogen) atoms. The number of hydrogen-bond acceptors (Lipinski definition) is 3. The molecule has 2 atom stereocenters. The topological polar surface area (TPSA) is 32.8 Å². The van der Waals surface area contributed by atoms with Gasteiger partial charge in [0.1, 0.15) is 0 Å². The maximum absolute atomic E-state index is 12.2. The lowest BCUT2D eigenvalue weighted by molar-refractivity contribution is 0.0827. The summed E-state index contributed by atoms with van der Waals surface area (Å²) in [5, 5.41) is 2.66. The van der Waals surface area contributed by atoms with E-state index in [4.69, 9.17) is 4.74 Å². The molecule has 0 spiro atoms. The maximum atomic E-state index is 12.2. The van der Waals surface area contributed by atoms with E-state index in [0.717, 1.165) is 38.2 Å². The van der Waals surface area contributed by atoms with Crippen molar-refractivity contribution in [2.45, 2.75) is 31.7 Å². The summed E-state index contributed by atoms with van der Waals surface area (Å²) in [6, 6.07) is 23.6. The number of nitrogens with zero attached hydrogens (tertiary/aromatic N) is 2. The fourth-order valence-electron chi connectivity index (χ4n) is 4.57. The number of carbonyl (C=O) groups is 1. The van der Waals surface area contributed by atoms with Crippen molar-refractivity contribution in [2.75, 3.05) is 38.8 Å². The van der Waals surface area contributed by atoms with Crippen LogP contribution in [0.4, 0.5) is 5.69 Å². The van der Waals surface area contributed by atoms with Crippen molar-refractivity contribution in [3.63, 3.8) is 0 Å². The molecule has 0 radical (unpaired) electrons. The molecule has 0 aliphatic carbocycles. The molecule has 1 aliphatic heterocycles. The van der Waals surface area contributed by atoms with Gasteiger partial charge in [0.25, 0.3) is 5.91 Å². The summed E-state index contributed by atoms with van der Waals surface area (Å²) in [5.41, 5.74) is 3.32. The largest absolute Gasteiger partial charge is 0.377 e. The minimum absolute atomic E-state index is 0.0361. The van der Waals surface area contributed by atoms with E-state index in [0.29, 0.717) is 12.0 Å². The number of benzene rings is 3. The minimum atomic E-state index is 0.0361. The fourth-order valence-corrected chi connectivity index (χ4v) is 4.57. The van der Waals surface area contributed by atoms with Crippen LogP contribution in [-0.4, -0.2) is 50.7 Å². The molecule has 1 aliphatic rings. The van der Waals surface area contributed by atoms with Crippen molar-refractivity contribution in [1.82, 2.24) is 4.90 Å². The van der Waals surface area contributed by atoms with Crippen molar-refractivity contribution in [1.29, 1.82) is 0 Å². The van der Waals surface area contributed by atoms with Crippen LogP contribution in [0.15, 0.2) is 66.7 Å². The first-order chi connectivity index (χ1) is 15.0. The predicted octanol–water partition coefficient (Wildman–Crippen LogP) is 5.33. The van der Waals surface area contributed by atoms with Crippen molar-refractivity contribution in [3.05, 3.63) is 77.9 Å². The second-order valence-electron chi connectivity index (χ2n) is 8.72. The quantitative estimate of drug-likeness (QED) is 0.544. The molecule has 4 rings (SSSR count). The molecule has 3 aromatic carbocycles. The van der Waals surface area contributed by atoms with E-state index < -0.39 is 0 Å². The highest BCUT2D eigenvalue weighted by atomic mass is 16.5. The second-order valence-corrected chi connectivity index (χ2v) is 8.72. The Morgan fingerprint density at radius 1 is 1.06 bits per heavy atom.